The summed E-state index contributed by atoms with van der Waals surface area (Å²) < 4.78 is 6.29. The van der Waals surface area contributed by atoms with Gasteiger partial charge in [-0.3, -0.25) is 0 Å². The fraction of sp³-hybridized carbons (Fsp3) is 0.647. The van der Waals surface area contributed by atoms with Crippen molar-refractivity contribution in [2.24, 2.45) is 0 Å². The summed E-state index contributed by atoms with van der Waals surface area (Å²) in [6, 6.07) is 0. The van der Waals surface area contributed by atoms with Crippen LogP contribution in [0.25, 0.3) is 5.57 Å². The number of rotatable bonds is 3. The van der Waals surface area contributed by atoms with Crippen LogP contribution in [0.15, 0.2) is 15.4 Å². The molecule has 3 rings (SSSR count). The summed E-state index contributed by atoms with van der Waals surface area (Å²) in [7, 11) is 0. The van der Waals surface area contributed by atoms with E-state index in [0.29, 0.717) is 5.25 Å². The van der Waals surface area contributed by atoms with Crippen molar-refractivity contribution < 1.29 is 4.42 Å². The number of hydrogen-bond donors (Lipinski definition) is 0. The largest absolute Gasteiger partial charge is 0.460 e. The van der Waals surface area contributed by atoms with Gasteiger partial charge in [0, 0.05) is 17.2 Å². The molecule has 1 nitrogen and oxygen atoms in total. The Morgan fingerprint density at radius 1 is 1.05 bits per heavy atom. The third kappa shape index (κ3) is 2.79. The highest BCUT2D eigenvalue weighted by atomic mass is 32.2. The Labute approximate surface area is 120 Å². The van der Waals surface area contributed by atoms with E-state index in [1.807, 2.05) is 11.8 Å². The van der Waals surface area contributed by atoms with Crippen molar-refractivity contribution >= 4 is 17.3 Å². The summed E-state index contributed by atoms with van der Waals surface area (Å²) in [6.45, 7) is 4.57. The zero-order chi connectivity index (χ0) is 13.2. The standard InChI is InChI=1S/C17H24OS/c1-12(2)19-17-14-10-6-7-11-15(14)18-16(17)13-8-4-3-5-9-13/h8,12H,3-7,9-11H2,1-2H3. The molecule has 1 aromatic heterocycles. The highest BCUT2D eigenvalue weighted by Gasteiger charge is 2.25. The zero-order valence-corrected chi connectivity index (χ0v) is 12.9. The smallest absolute Gasteiger partial charge is 0.143 e. The minimum Gasteiger partial charge on any atom is -0.460 e. The van der Waals surface area contributed by atoms with Crippen LogP contribution in [0.5, 0.6) is 0 Å². The van der Waals surface area contributed by atoms with Gasteiger partial charge < -0.3 is 4.42 Å². The van der Waals surface area contributed by atoms with Gasteiger partial charge in [-0.05, 0) is 50.5 Å². The molecule has 0 N–H and O–H groups in total. The maximum absolute atomic E-state index is 6.29. The number of fused-ring (bicyclic) bond motifs is 1. The molecule has 0 unspecified atom stereocenters. The predicted octanol–water partition coefficient (Wildman–Crippen LogP) is 5.62. The number of hydrogen-bond acceptors (Lipinski definition) is 2. The van der Waals surface area contributed by atoms with Crippen LogP contribution >= 0.6 is 11.8 Å². The molecular formula is C17H24OS. The number of aryl methyl sites for hydroxylation is 1. The summed E-state index contributed by atoms with van der Waals surface area (Å²) in [5.74, 6) is 2.51. The maximum atomic E-state index is 6.29. The summed E-state index contributed by atoms with van der Waals surface area (Å²) in [6.07, 6.45) is 12.5. The van der Waals surface area contributed by atoms with Crippen LogP contribution in [0.2, 0.25) is 0 Å². The van der Waals surface area contributed by atoms with E-state index in [4.69, 9.17) is 4.42 Å². The fourth-order valence-electron chi connectivity index (χ4n) is 3.15. The minimum absolute atomic E-state index is 0.631. The van der Waals surface area contributed by atoms with Gasteiger partial charge in [0.2, 0.25) is 0 Å². The Balaban J connectivity index is 2.01. The summed E-state index contributed by atoms with van der Waals surface area (Å²) in [4.78, 5) is 1.47. The molecule has 0 aliphatic heterocycles. The SMILES string of the molecule is CC(C)Sc1c(C2=CCCCC2)oc2c1CCCC2. The lowest BCUT2D eigenvalue weighted by atomic mass is 9.95. The molecular weight excluding hydrogens is 252 g/mol. The number of allylic oxidation sites excluding steroid dienone is 2. The molecule has 1 heterocycles. The molecule has 0 radical (unpaired) electrons. The molecule has 0 amide bonds. The van der Waals surface area contributed by atoms with Crippen LogP contribution in [0.4, 0.5) is 0 Å². The summed E-state index contributed by atoms with van der Waals surface area (Å²) in [5.41, 5.74) is 3.01. The van der Waals surface area contributed by atoms with Gasteiger partial charge in [0.25, 0.3) is 0 Å². The summed E-state index contributed by atoms with van der Waals surface area (Å²) >= 11 is 2.01. The second kappa shape index (κ2) is 5.78. The Kier molecular flexibility index (Phi) is 4.07. The van der Waals surface area contributed by atoms with Crippen molar-refractivity contribution in [1.82, 2.24) is 0 Å². The van der Waals surface area contributed by atoms with E-state index in [-0.39, 0.29) is 0 Å². The first kappa shape index (κ1) is 13.4. The van der Waals surface area contributed by atoms with Crippen molar-refractivity contribution in [3.8, 4) is 0 Å². The van der Waals surface area contributed by atoms with Gasteiger partial charge in [-0.15, -0.1) is 11.8 Å². The van der Waals surface area contributed by atoms with Crippen molar-refractivity contribution in [2.45, 2.75) is 75.4 Å². The number of furan rings is 1. The van der Waals surface area contributed by atoms with E-state index in [0.717, 1.165) is 6.42 Å². The van der Waals surface area contributed by atoms with Crippen molar-refractivity contribution in [1.29, 1.82) is 0 Å². The van der Waals surface area contributed by atoms with Crippen LogP contribution in [0.1, 0.15) is 69.5 Å². The van der Waals surface area contributed by atoms with E-state index in [1.165, 1.54) is 72.5 Å². The first-order chi connectivity index (χ1) is 9.25. The lowest BCUT2D eigenvalue weighted by molar-refractivity contribution is 0.465. The van der Waals surface area contributed by atoms with Crippen molar-refractivity contribution in [2.75, 3.05) is 0 Å². The molecule has 0 spiro atoms. The quantitative estimate of drug-likeness (QED) is 0.665. The lowest BCUT2D eigenvalue weighted by Gasteiger charge is -2.14. The van der Waals surface area contributed by atoms with Crippen LogP contribution in [0.3, 0.4) is 0 Å². The van der Waals surface area contributed by atoms with Gasteiger partial charge in [0.1, 0.15) is 11.5 Å². The Morgan fingerprint density at radius 3 is 2.58 bits per heavy atom. The van der Waals surface area contributed by atoms with E-state index in [9.17, 15) is 0 Å². The number of thioether (sulfide) groups is 1. The average molecular weight is 276 g/mol. The minimum atomic E-state index is 0.631. The van der Waals surface area contributed by atoms with Gasteiger partial charge in [-0.25, -0.2) is 0 Å². The lowest BCUT2D eigenvalue weighted by Crippen LogP contribution is -2.00. The van der Waals surface area contributed by atoms with Crippen molar-refractivity contribution in [3.63, 3.8) is 0 Å². The molecule has 0 fully saturated rings. The molecule has 2 heteroatoms. The Bertz CT molecular complexity index is 482. The second-order valence-electron chi connectivity index (χ2n) is 6.01. The third-order valence-electron chi connectivity index (χ3n) is 4.06. The molecule has 0 bridgehead atoms. The molecule has 104 valence electrons. The topological polar surface area (TPSA) is 13.1 Å². The van der Waals surface area contributed by atoms with Crippen LogP contribution in [-0.4, -0.2) is 5.25 Å². The molecule has 2 aliphatic carbocycles. The van der Waals surface area contributed by atoms with E-state index < -0.39 is 0 Å². The van der Waals surface area contributed by atoms with Crippen LogP contribution < -0.4 is 0 Å². The molecule has 19 heavy (non-hydrogen) atoms. The van der Waals surface area contributed by atoms with Crippen LogP contribution in [0, 0.1) is 0 Å². The van der Waals surface area contributed by atoms with E-state index in [1.54, 1.807) is 0 Å². The van der Waals surface area contributed by atoms with E-state index >= 15 is 0 Å². The zero-order valence-electron chi connectivity index (χ0n) is 12.1. The third-order valence-corrected chi connectivity index (χ3v) is 5.20. The highest BCUT2D eigenvalue weighted by Crippen LogP contribution is 2.43. The molecule has 2 aliphatic rings. The molecule has 0 saturated heterocycles. The average Bonchev–Trinajstić information content (AvgIpc) is 2.78. The maximum Gasteiger partial charge on any atom is 0.143 e. The van der Waals surface area contributed by atoms with Gasteiger partial charge in [-0.2, -0.15) is 0 Å². The Hall–Kier alpha value is -0.630. The van der Waals surface area contributed by atoms with Crippen LogP contribution in [-0.2, 0) is 12.8 Å². The summed E-state index contributed by atoms with van der Waals surface area (Å²) in [5, 5.41) is 0.631. The van der Waals surface area contributed by atoms with Gasteiger partial charge in [-0.1, -0.05) is 19.9 Å². The van der Waals surface area contributed by atoms with Gasteiger partial charge in [0.15, 0.2) is 0 Å². The monoisotopic (exact) mass is 276 g/mol. The highest BCUT2D eigenvalue weighted by molar-refractivity contribution is 8.00. The first-order valence-corrected chi connectivity index (χ1v) is 8.64. The van der Waals surface area contributed by atoms with E-state index in [2.05, 4.69) is 19.9 Å². The molecule has 0 saturated carbocycles. The fourth-order valence-corrected chi connectivity index (χ4v) is 4.26. The molecule has 0 atom stereocenters. The molecule has 0 aromatic carbocycles. The predicted molar refractivity (Wildman–Crippen MR) is 82.8 cm³/mol. The Morgan fingerprint density at radius 2 is 1.84 bits per heavy atom. The van der Waals surface area contributed by atoms with Gasteiger partial charge >= 0.3 is 0 Å². The second-order valence-corrected chi connectivity index (χ2v) is 7.60. The molecule has 1 aromatic rings. The van der Waals surface area contributed by atoms with Gasteiger partial charge in [0.05, 0.1) is 4.90 Å². The first-order valence-electron chi connectivity index (χ1n) is 7.76. The normalized spacial score (nSPS) is 19.4. The van der Waals surface area contributed by atoms with Crippen molar-refractivity contribution in [3.05, 3.63) is 23.2 Å².